The summed E-state index contributed by atoms with van der Waals surface area (Å²) in [5.41, 5.74) is -0.375. The SMILES string of the molecule is C#CCOc1cc(F)c(C(=O)N[C@@H]2CCCC[C@H]2Cl)cc1F. The van der Waals surface area contributed by atoms with Crippen molar-refractivity contribution in [2.45, 2.75) is 37.1 Å². The van der Waals surface area contributed by atoms with Gasteiger partial charge in [0.25, 0.3) is 5.91 Å². The molecular formula is C16H16ClF2NO2. The molecule has 22 heavy (non-hydrogen) atoms. The number of halogens is 3. The molecule has 0 bridgehead atoms. The van der Waals surface area contributed by atoms with Crippen LogP contribution in [0.4, 0.5) is 8.78 Å². The van der Waals surface area contributed by atoms with E-state index in [-0.39, 0.29) is 29.3 Å². The zero-order valence-corrected chi connectivity index (χ0v) is 12.6. The molecule has 1 aliphatic rings. The minimum atomic E-state index is -0.868. The van der Waals surface area contributed by atoms with Crippen molar-refractivity contribution >= 4 is 17.5 Å². The molecule has 0 aromatic heterocycles. The zero-order chi connectivity index (χ0) is 16.1. The second kappa shape index (κ2) is 7.46. The van der Waals surface area contributed by atoms with Gasteiger partial charge in [0.2, 0.25) is 0 Å². The molecule has 2 atom stereocenters. The maximum Gasteiger partial charge on any atom is 0.254 e. The predicted octanol–water partition coefficient (Wildman–Crippen LogP) is 3.26. The van der Waals surface area contributed by atoms with Gasteiger partial charge >= 0.3 is 0 Å². The van der Waals surface area contributed by atoms with Gasteiger partial charge in [0.15, 0.2) is 11.6 Å². The van der Waals surface area contributed by atoms with Crippen LogP contribution in [0.2, 0.25) is 0 Å². The van der Waals surface area contributed by atoms with E-state index in [1.54, 1.807) is 0 Å². The molecule has 118 valence electrons. The van der Waals surface area contributed by atoms with Crippen LogP contribution in [0, 0.1) is 24.0 Å². The second-order valence-corrected chi connectivity index (χ2v) is 5.70. The van der Waals surface area contributed by atoms with Crippen molar-refractivity contribution in [2.24, 2.45) is 0 Å². The lowest BCUT2D eigenvalue weighted by molar-refractivity contribution is 0.0924. The molecule has 0 unspecified atom stereocenters. The van der Waals surface area contributed by atoms with Crippen molar-refractivity contribution in [1.29, 1.82) is 0 Å². The second-order valence-electron chi connectivity index (χ2n) is 5.14. The van der Waals surface area contributed by atoms with Crippen molar-refractivity contribution in [3.8, 4) is 18.1 Å². The monoisotopic (exact) mass is 327 g/mol. The standard InChI is InChI=1S/C16H16ClF2NO2/c1-2-7-22-15-9-12(18)10(8-13(15)19)16(21)20-14-6-4-3-5-11(14)17/h1,8-9,11,14H,3-7H2,(H,20,21)/t11-,14-/m1/s1. The first-order valence-electron chi connectivity index (χ1n) is 7.03. The van der Waals surface area contributed by atoms with Crippen molar-refractivity contribution in [1.82, 2.24) is 5.32 Å². The summed E-state index contributed by atoms with van der Waals surface area (Å²) in [7, 11) is 0. The first-order chi connectivity index (χ1) is 10.5. The Morgan fingerprint density at radius 3 is 2.77 bits per heavy atom. The van der Waals surface area contributed by atoms with Crippen LogP contribution in [0.25, 0.3) is 0 Å². The summed E-state index contributed by atoms with van der Waals surface area (Å²) in [6.45, 7) is -0.183. The Balaban J connectivity index is 2.12. The Morgan fingerprint density at radius 1 is 1.36 bits per heavy atom. The van der Waals surface area contributed by atoms with E-state index in [9.17, 15) is 13.6 Å². The molecule has 6 heteroatoms. The number of carbonyl (C=O) groups excluding carboxylic acids is 1. The van der Waals surface area contributed by atoms with E-state index >= 15 is 0 Å². The van der Waals surface area contributed by atoms with Gasteiger partial charge < -0.3 is 10.1 Å². The fourth-order valence-electron chi connectivity index (χ4n) is 2.43. The zero-order valence-electron chi connectivity index (χ0n) is 11.9. The van der Waals surface area contributed by atoms with E-state index in [2.05, 4.69) is 11.2 Å². The number of terminal acetylenes is 1. The Bertz CT molecular complexity index is 601. The molecule has 1 N–H and O–H groups in total. The highest BCUT2D eigenvalue weighted by molar-refractivity contribution is 6.21. The van der Waals surface area contributed by atoms with Crippen LogP contribution < -0.4 is 10.1 Å². The molecule has 0 aliphatic heterocycles. The molecule has 1 aromatic rings. The number of rotatable bonds is 4. The third kappa shape index (κ3) is 3.89. The van der Waals surface area contributed by atoms with Crippen LogP contribution in [0.1, 0.15) is 36.0 Å². The van der Waals surface area contributed by atoms with E-state index in [1.165, 1.54) is 0 Å². The average molecular weight is 328 g/mol. The van der Waals surface area contributed by atoms with Crippen molar-refractivity contribution < 1.29 is 18.3 Å². The number of benzene rings is 1. The van der Waals surface area contributed by atoms with E-state index in [4.69, 9.17) is 22.8 Å². The highest BCUT2D eigenvalue weighted by atomic mass is 35.5. The van der Waals surface area contributed by atoms with Crippen LogP contribution in [-0.4, -0.2) is 23.9 Å². The third-order valence-corrected chi connectivity index (χ3v) is 4.10. The molecule has 3 nitrogen and oxygen atoms in total. The molecule has 0 saturated heterocycles. The molecular weight excluding hydrogens is 312 g/mol. The summed E-state index contributed by atoms with van der Waals surface area (Å²) >= 11 is 6.15. The van der Waals surface area contributed by atoms with Crippen LogP contribution in [0.15, 0.2) is 12.1 Å². The number of alkyl halides is 1. The molecule has 1 amide bonds. The van der Waals surface area contributed by atoms with E-state index in [1.807, 2.05) is 0 Å². The lowest BCUT2D eigenvalue weighted by Gasteiger charge is -2.27. The van der Waals surface area contributed by atoms with Gasteiger partial charge in [-0.1, -0.05) is 18.8 Å². The molecule has 1 aliphatic carbocycles. The number of nitrogens with one attached hydrogen (secondary N) is 1. The first-order valence-corrected chi connectivity index (χ1v) is 7.46. The fraction of sp³-hybridized carbons (Fsp3) is 0.438. The van der Waals surface area contributed by atoms with Gasteiger partial charge in [-0.3, -0.25) is 4.79 Å². The quantitative estimate of drug-likeness (QED) is 0.681. The maximum absolute atomic E-state index is 14.0. The van der Waals surface area contributed by atoms with Gasteiger partial charge in [-0.05, 0) is 18.9 Å². The summed E-state index contributed by atoms with van der Waals surface area (Å²) in [4.78, 5) is 12.1. The number of carbonyl (C=O) groups is 1. The van der Waals surface area contributed by atoms with Crippen LogP contribution >= 0.6 is 11.6 Å². The van der Waals surface area contributed by atoms with Gasteiger partial charge in [0.1, 0.15) is 12.4 Å². The summed E-state index contributed by atoms with van der Waals surface area (Å²) in [6, 6.07) is 1.39. The number of hydrogen-bond acceptors (Lipinski definition) is 2. The van der Waals surface area contributed by atoms with Gasteiger partial charge in [-0.25, -0.2) is 8.78 Å². The summed E-state index contributed by atoms with van der Waals surface area (Å²) in [5, 5.41) is 2.47. The first kappa shape index (κ1) is 16.6. The highest BCUT2D eigenvalue weighted by Crippen LogP contribution is 2.25. The van der Waals surface area contributed by atoms with E-state index in [0.29, 0.717) is 0 Å². The molecule has 1 aromatic carbocycles. The lowest BCUT2D eigenvalue weighted by atomic mass is 9.94. The number of ether oxygens (including phenoxy) is 1. The Labute approximate surface area is 133 Å². The van der Waals surface area contributed by atoms with Crippen LogP contribution in [0.3, 0.4) is 0 Å². The van der Waals surface area contributed by atoms with E-state index < -0.39 is 17.5 Å². The highest BCUT2D eigenvalue weighted by Gasteiger charge is 2.26. The fourth-order valence-corrected chi connectivity index (χ4v) is 2.77. The maximum atomic E-state index is 14.0. The minimum absolute atomic E-state index is 0.183. The Hall–Kier alpha value is -1.80. The third-order valence-electron chi connectivity index (χ3n) is 3.58. The van der Waals surface area contributed by atoms with Crippen LogP contribution in [-0.2, 0) is 0 Å². The van der Waals surface area contributed by atoms with Crippen molar-refractivity contribution in [3.05, 3.63) is 29.3 Å². The van der Waals surface area contributed by atoms with Crippen molar-refractivity contribution in [2.75, 3.05) is 6.61 Å². The molecule has 0 radical (unpaired) electrons. The number of hydrogen-bond donors (Lipinski definition) is 1. The lowest BCUT2D eigenvalue weighted by Crippen LogP contribution is -2.43. The average Bonchev–Trinajstić information content (AvgIpc) is 2.50. The summed E-state index contributed by atoms with van der Waals surface area (Å²) < 4.78 is 32.6. The minimum Gasteiger partial charge on any atom is -0.478 e. The van der Waals surface area contributed by atoms with E-state index in [0.717, 1.165) is 37.8 Å². The van der Waals surface area contributed by atoms with Gasteiger partial charge in [0, 0.05) is 12.1 Å². The number of amides is 1. The van der Waals surface area contributed by atoms with Gasteiger partial charge in [0.05, 0.1) is 10.9 Å². The molecule has 0 heterocycles. The molecule has 1 saturated carbocycles. The molecule has 2 rings (SSSR count). The molecule has 0 spiro atoms. The Kier molecular flexibility index (Phi) is 5.62. The summed E-state index contributed by atoms with van der Waals surface area (Å²) in [5.74, 6) is -0.556. The Morgan fingerprint density at radius 2 is 2.09 bits per heavy atom. The van der Waals surface area contributed by atoms with Crippen LogP contribution in [0.5, 0.6) is 5.75 Å². The summed E-state index contributed by atoms with van der Waals surface area (Å²) in [6.07, 6.45) is 8.47. The smallest absolute Gasteiger partial charge is 0.254 e. The van der Waals surface area contributed by atoms with Gasteiger partial charge in [-0.2, -0.15) is 0 Å². The topological polar surface area (TPSA) is 38.3 Å². The van der Waals surface area contributed by atoms with Crippen molar-refractivity contribution in [3.63, 3.8) is 0 Å². The largest absolute Gasteiger partial charge is 0.478 e. The normalized spacial score (nSPS) is 21.0. The molecule has 1 fully saturated rings. The van der Waals surface area contributed by atoms with Gasteiger partial charge in [-0.15, -0.1) is 18.0 Å². The predicted molar refractivity (Wildman–Crippen MR) is 80.0 cm³/mol.